The number of halogens is 1. The lowest BCUT2D eigenvalue weighted by molar-refractivity contribution is 0.490. The van der Waals surface area contributed by atoms with E-state index in [9.17, 15) is 0 Å². The first-order valence-electron chi connectivity index (χ1n) is 5.44. The van der Waals surface area contributed by atoms with Crippen molar-refractivity contribution in [2.75, 3.05) is 18.0 Å². The summed E-state index contributed by atoms with van der Waals surface area (Å²) < 4.78 is 0. The summed E-state index contributed by atoms with van der Waals surface area (Å²) in [5.41, 5.74) is 1.20. The Hall–Kier alpha value is -0.800. The van der Waals surface area contributed by atoms with Crippen LogP contribution in [-0.2, 0) is 0 Å². The van der Waals surface area contributed by atoms with E-state index >= 15 is 0 Å². The first kappa shape index (κ1) is 9.43. The molecule has 3 heterocycles. The van der Waals surface area contributed by atoms with E-state index in [0.29, 0.717) is 11.2 Å². The van der Waals surface area contributed by atoms with Crippen molar-refractivity contribution in [3.05, 3.63) is 23.5 Å². The number of fused-ring (bicyclic) bond motifs is 2. The quantitative estimate of drug-likeness (QED) is 0.735. The molecule has 15 heavy (non-hydrogen) atoms. The predicted molar refractivity (Wildman–Crippen MR) is 61.4 cm³/mol. The molecular formula is C11H14ClN3. The van der Waals surface area contributed by atoms with Crippen LogP contribution in [0.5, 0.6) is 0 Å². The number of hydrogen-bond donors (Lipinski definition) is 1. The van der Waals surface area contributed by atoms with Crippen molar-refractivity contribution in [2.45, 2.75) is 24.9 Å². The summed E-state index contributed by atoms with van der Waals surface area (Å²) in [4.78, 5) is 6.58. The zero-order valence-corrected chi connectivity index (χ0v) is 9.24. The third-order valence-electron chi connectivity index (χ3n) is 3.40. The molecule has 80 valence electrons. The predicted octanol–water partition coefficient (Wildman–Crippen LogP) is 1.68. The lowest BCUT2D eigenvalue weighted by Gasteiger charge is -2.34. The molecule has 0 unspecified atom stereocenters. The van der Waals surface area contributed by atoms with E-state index in [0.717, 1.165) is 19.1 Å². The molecule has 0 radical (unpaired) electrons. The number of aromatic nitrogens is 1. The van der Waals surface area contributed by atoms with Gasteiger partial charge in [-0.25, -0.2) is 4.98 Å². The number of piperidine rings is 1. The fourth-order valence-electron chi connectivity index (χ4n) is 2.61. The summed E-state index contributed by atoms with van der Waals surface area (Å²) in [5, 5.41) is 4.11. The van der Waals surface area contributed by atoms with Crippen LogP contribution in [0.4, 0.5) is 5.69 Å². The van der Waals surface area contributed by atoms with Crippen LogP contribution in [0.1, 0.15) is 12.8 Å². The van der Waals surface area contributed by atoms with Gasteiger partial charge in [-0.15, -0.1) is 0 Å². The molecule has 0 spiro atoms. The molecule has 2 bridgehead atoms. The molecule has 2 atom stereocenters. The highest BCUT2D eigenvalue weighted by molar-refractivity contribution is 6.29. The SMILES string of the molecule is Clc1ccc(N2CC[C@H]3C[C@@H]2CN3)cn1. The Morgan fingerprint density at radius 3 is 3.20 bits per heavy atom. The third-order valence-corrected chi connectivity index (χ3v) is 3.62. The van der Waals surface area contributed by atoms with Crippen molar-refractivity contribution in [3.8, 4) is 0 Å². The van der Waals surface area contributed by atoms with E-state index < -0.39 is 0 Å². The Labute approximate surface area is 94.4 Å². The molecule has 2 aliphatic heterocycles. The molecule has 1 aromatic heterocycles. The fraction of sp³-hybridized carbons (Fsp3) is 0.545. The maximum Gasteiger partial charge on any atom is 0.129 e. The number of pyridine rings is 1. The number of rotatable bonds is 1. The van der Waals surface area contributed by atoms with Gasteiger partial charge in [0.25, 0.3) is 0 Å². The van der Waals surface area contributed by atoms with E-state index in [-0.39, 0.29) is 0 Å². The molecular weight excluding hydrogens is 210 g/mol. The van der Waals surface area contributed by atoms with Crippen molar-refractivity contribution < 1.29 is 0 Å². The summed E-state index contributed by atoms with van der Waals surface area (Å²) in [5.74, 6) is 0. The van der Waals surface area contributed by atoms with Gasteiger partial charge in [0.15, 0.2) is 0 Å². The van der Waals surface area contributed by atoms with Gasteiger partial charge in [-0.3, -0.25) is 0 Å². The topological polar surface area (TPSA) is 28.2 Å². The van der Waals surface area contributed by atoms with E-state index in [1.807, 2.05) is 12.3 Å². The highest BCUT2D eigenvalue weighted by Crippen LogP contribution is 2.28. The second kappa shape index (κ2) is 3.65. The van der Waals surface area contributed by atoms with Gasteiger partial charge < -0.3 is 10.2 Å². The van der Waals surface area contributed by atoms with Crippen LogP contribution in [0.3, 0.4) is 0 Å². The molecule has 2 aliphatic rings. The maximum absolute atomic E-state index is 5.79. The largest absolute Gasteiger partial charge is 0.366 e. The van der Waals surface area contributed by atoms with Gasteiger partial charge in [0.2, 0.25) is 0 Å². The molecule has 2 saturated heterocycles. The minimum absolute atomic E-state index is 0.568. The van der Waals surface area contributed by atoms with E-state index in [1.54, 1.807) is 0 Å². The van der Waals surface area contributed by atoms with Gasteiger partial charge in [-0.2, -0.15) is 0 Å². The second-order valence-corrected chi connectivity index (χ2v) is 4.70. The first-order valence-corrected chi connectivity index (χ1v) is 5.82. The van der Waals surface area contributed by atoms with Gasteiger partial charge in [0, 0.05) is 25.2 Å². The van der Waals surface area contributed by atoms with E-state index in [1.165, 1.54) is 18.5 Å². The maximum atomic E-state index is 5.79. The number of nitrogens with one attached hydrogen (secondary N) is 1. The minimum atomic E-state index is 0.568. The molecule has 1 aromatic rings. The fourth-order valence-corrected chi connectivity index (χ4v) is 2.72. The third kappa shape index (κ3) is 1.70. The van der Waals surface area contributed by atoms with Crippen molar-refractivity contribution in [2.24, 2.45) is 0 Å². The number of anilines is 1. The summed E-state index contributed by atoms with van der Waals surface area (Å²) in [6.45, 7) is 2.24. The molecule has 0 aliphatic carbocycles. The minimum Gasteiger partial charge on any atom is -0.366 e. The summed E-state index contributed by atoms with van der Waals surface area (Å²) >= 11 is 5.79. The monoisotopic (exact) mass is 223 g/mol. The molecule has 3 nitrogen and oxygen atoms in total. The van der Waals surface area contributed by atoms with Crippen molar-refractivity contribution >= 4 is 17.3 Å². The van der Waals surface area contributed by atoms with Gasteiger partial charge in [0.1, 0.15) is 5.15 Å². The molecule has 4 heteroatoms. The van der Waals surface area contributed by atoms with Gasteiger partial charge in [-0.05, 0) is 25.0 Å². The lowest BCUT2D eigenvalue weighted by Crippen LogP contribution is -2.40. The van der Waals surface area contributed by atoms with Gasteiger partial charge >= 0.3 is 0 Å². The van der Waals surface area contributed by atoms with Crippen molar-refractivity contribution in [1.29, 1.82) is 0 Å². The van der Waals surface area contributed by atoms with Crippen LogP contribution in [0.2, 0.25) is 5.15 Å². The van der Waals surface area contributed by atoms with Crippen LogP contribution < -0.4 is 10.2 Å². The zero-order valence-electron chi connectivity index (χ0n) is 8.49. The highest BCUT2D eigenvalue weighted by Gasteiger charge is 2.33. The Kier molecular flexibility index (Phi) is 2.29. The highest BCUT2D eigenvalue weighted by atomic mass is 35.5. The average Bonchev–Trinajstić information content (AvgIpc) is 2.63. The number of hydrogen-bond acceptors (Lipinski definition) is 3. The Bertz CT molecular complexity index is 351. The van der Waals surface area contributed by atoms with E-state index in [2.05, 4.69) is 21.3 Å². The second-order valence-electron chi connectivity index (χ2n) is 4.32. The van der Waals surface area contributed by atoms with Gasteiger partial charge in [-0.1, -0.05) is 11.6 Å². The van der Waals surface area contributed by atoms with Gasteiger partial charge in [0.05, 0.1) is 11.9 Å². The Morgan fingerprint density at radius 1 is 1.47 bits per heavy atom. The van der Waals surface area contributed by atoms with E-state index in [4.69, 9.17) is 11.6 Å². The molecule has 0 saturated carbocycles. The van der Waals surface area contributed by atoms with Crippen LogP contribution >= 0.6 is 11.6 Å². The summed E-state index contributed by atoms with van der Waals surface area (Å²) in [7, 11) is 0. The molecule has 1 N–H and O–H groups in total. The first-order chi connectivity index (χ1) is 7.33. The Balaban J connectivity index is 1.84. The van der Waals surface area contributed by atoms with Crippen LogP contribution in [0, 0.1) is 0 Å². The summed E-state index contributed by atoms with van der Waals surface area (Å²) in [6, 6.07) is 5.32. The van der Waals surface area contributed by atoms with Crippen molar-refractivity contribution in [3.63, 3.8) is 0 Å². The van der Waals surface area contributed by atoms with Crippen molar-refractivity contribution in [1.82, 2.24) is 10.3 Å². The number of nitrogens with zero attached hydrogens (tertiary/aromatic N) is 2. The zero-order chi connectivity index (χ0) is 10.3. The Morgan fingerprint density at radius 2 is 2.40 bits per heavy atom. The summed E-state index contributed by atoms with van der Waals surface area (Å²) in [6.07, 6.45) is 4.38. The standard InChI is InChI=1S/C11H14ClN3/c12-11-2-1-9(6-14-11)15-4-3-8-5-10(15)7-13-8/h1-2,6,8,10,13H,3-5,7H2/t8-,10+/m0/s1. The normalized spacial score (nSPS) is 29.5. The molecule has 2 fully saturated rings. The lowest BCUT2D eigenvalue weighted by atomic mass is 10.0. The van der Waals surface area contributed by atoms with Crippen LogP contribution in [-0.4, -0.2) is 30.2 Å². The van der Waals surface area contributed by atoms with Crippen LogP contribution in [0.15, 0.2) is 18.3 Å². The molecule has 3 rings (SSSR count). The molecule has 0 aromatic carbocycles. The molecule has 0 amide bonds. The van der Waals surface area contributed by atoms with Crippen LogP contribution in [0.25, 0.3) is 0 Å². The smallest absolute Gasteiger partial charge is 0.129 e. The average molecular weight is 224 g/mol.